The van der Waals surface area contributed by atoms with Crippen LogP contribution >= 0.6 is 0 Å². The van der Waals surface area contributed by atoms with Crippen LogP contribution in [0.15, 0.2) is 42.6 Å². The van der Waals surface area contributed by atoms with Gasteiger partial charge in [0, 0.05) is 12.3 Å². The number of carbonyl (C=O) groups excluding carboxylic acids is 1. The van der Waals surface area contributed by atoms with Crippen molar-refractivity contribution in [2.75, 3.05) is 13.7 Å². The molecule has 1 aromatic carbocycles. The fourth-order valence-corrected chi connectivity index (χ4v) is 1.72. The molecule has 0 spiro atoms. The second kappa shape index (κ2) is 6.68. The molecule has 20 heavy (non-hydrogen) atoms. The number of hydrogen-bond acceptors (Lipinski definition) is 5. The SMILES string of the molecule is COC(=O)c1ccnc(Oc2ccc(CCN)cc2)c1. The van der Waals surface area contributed by atoms with Gasteiger partial charge in [0.15, 0.2) is 0 Å². The van der Waals surface area contributed by atoms with Crippen LogP contribution in [0.3, 0.4) is 0 Å². The van der Waals surface area contributed by atoms with Gasteiger partial charge in [-0.2, -0.15) is 0 Å². The van der Waals surface area contributed by atoms with Crippen molar-refractivity contribution in [1.29, 1.82) is 0 Å². The number of aromatic nitrogens is 1. The van der Waals surface area contributed by atoms with E-state index in [9.17, 15) is 4.79 Å². The molecule has 0 unspecified atom stereocenters. The van der Waals surface area contributed by atoms with E-state index in [-0.39, 0.29) is 0 Å². The van der Waals surface area contributed by atoms with E-state index in [4.69, 9.17) is 10.5 Å². The van der Waals surface area contributed by atoms with Crippen LogP contribution in [0.2, 0.25) is 0 Å². The van der Waals surface area contributed by atoms with Crippen molar-refractivity contribution in [2.45, 2.75) is 6.42 Å². The number of ether oxygens (including phenoxy) is 2. The van der Waals surface area contributed by atoms with E-state index in [2.05, 4.69) is 9.72 Å². The minimum atomic E-state index is -0.421. The van der Waals surface area contributed by atoms with E-state index >= 15 is 0 Å². The second-order valence-corrected chi connectivity index (χ2v) is 4.16. The molecule has 0 radical (unpaired) electrons. The molecule has 0 aliphatic carbocycles. The first-order valence-electron chi connectivity index (χ1n) is 6.24. The highest BCUT2D eigenvalue weighted by Gasteiger charge is 2.07. The smallest absolute Gasteiger partial charge is 0.338 e. The number of carbonyl (C=O) groups is 1. The van der Waals surface area contributed by atoms with Crippen molar-refractivity contribution < 1.29 is 14.3 Å². The monoisotopic (exact) mass is 272 g/mol. The molecule has 0 amide bonds. The largest absolute Gasteiger partial charge is 0.465 e. The maximum absolute atomic E-state index is 11.4. The third kappa shape index (κ3) is 3.55. The number of pyridine rings is 1. The Labute approximate surface area is 117 Å². The van der Waals surface area contributed by atoms with Crippen LogP contribution in [0.5, 0.6) is 11.6 Å². The van der Waals surface area contributed by atoms with Gasteiger partial charge in [0.2, 0.25) is 5.88 Å². The lowest BCUT2D eigenvalue weighted by Crippen LogP contribution is -2.02. The average molecular weight is 272 g/mol. The molecule has 2 N–H and O–H groups in total. The van der Waals surface area contributed by atoms with E-state index in [0.717, 1.165) is 12.0 Å². The van der Waals surface area contributed by atoms with E-state index in [1.165, 1.54) is 13.3 Å². The molecular formula is C15H16N2O3. The predicted molar refractivity (Wildman–Crippen MR) is 74.9 cm³/mol. The maximum Gasteiger partial charge on any atom is 0.338 e. The lowest BCUT2D eigenvalue weighted by atomic mass is 10.1. The summed E-state index contributed by atoms with van der Waals surface area (Å²) in [6, 6.07) is 10.7. The number of rotatable bonds is 5. The molecule has 0 saturated heterocycles. The summed E-state index contributed by atoms with van der Waals surface area (Å²) in [7, 11) is 1.33. The van der Waals surface area contributed by atoms with Crippen molar-refractivity contribution in [3.05, 3.63) is 53.7 Å². The van der Waals surface area contributed by atoms with Crippen LogP contribution in [-0.2, 0) is 11.2 Å². The van der Waals surface area contributed by atoms with E-state index < -0.39 is 5.97 Å². The van der Waals surface area contributed by atoms with Gasteiger partial charge in [0.25, 0.3) is 0 Å². The Morgan fingerprint density at radius 2 is 2.00 bits per heavy atom. The second-order valence-electron chi connectivity index (χ2n) is 4.16. The molecule has 0 saturated carbocycles. The number of benzene rings is 1. The minimum absolute atomic E-state index is 0.347. The zero-order valence-corrected chi connectivity index (χ0v) is 11.2. The Morgan fingerprint density at radius 1 is 1.25 bits per heavy atom. The fraction of sp³-hybridized carbons (Fsp3) is 0.200. The number of nitrogens with two attached hydrogens (primary N) is 1. The third-order valence-electron chi connectivity index (χ3n) is 2.73. The fourth-order valence-electron chi connectivity index (χ4n) is 1.72. The van der Waals surface area contributed by atoms with Crippen molar-refractivity contribution in [3.8, 4) is 11.6 Å². The summed E-state index contributed by atoms with van der Waals surface area (Å²) in [6.07, 6.45) is 2.33. The van der Waals surface area contributed by atoms with Crippen molar-refractivity contribution in [2.24, 2.45) is 5.73 Å². The molecule has 2 aromatic rings. The Kier molecular flexibility index (Phi) is 4.68. The van der Waals surface area contributed by atoms with Gasteiger partial charge >= 0.3 is 5.97 Å². The normalized spacial score (nSPS) is 10.1. The average Bonchev–Trinajstić information content (AvgIpc) is 2.49. The Balaban J connectivity index is 2.11. The molecule has 1 heterocycles. The van der Waals surface area contributed by atoms with Crippen molar-refractivity contribution in [1.82, 2.24) is 4.98 Å². The summed E-state index contributed by atoms with van der Waals surface area (Å²) in [5.74, 6) is 0.579. The first-order valence-corrected chi connectivity index (χ1v) is 6.24. The lowest BCUT2D eigenvalue weighted by Gasteiger charge is -2.06. The zero-order chi connectivity index (χ0) is 14.4. The first kappa shape index (κ1) is 14.0. The highest BCUT2D eigenvalue weighted by atomic mass is 16.5. The molecule has 5 nitrogen and oxygen atoms in total. The van der Waals surface area contributed by atoms with Crippen LogP contribution in [0.4, 0.5) is 0 Å². The highest BCUT2D eigenvalue weighted by molar-refractivity contribution is 5.89. The number of esters is 1. The topological polar surface area (TPSA) is 74.4 Å². The van der Waals surface area contributed by atoms with E-state index in [1.54, 1.807) is 12.1 Å². The molecule has 0 aliphatic rings. The zero-order valence-electron chi connectivity index (χ0n) is 11.2. The summed E-state index contributed by atoms with van der Waals surface area (Å²) in [6.45, 7) is 0.614. The number of nitrogens with zero attached hydrogens (tertiary/aromatic N) is 1. The van der Waals surface area contributed by atoms with Crippen molar-refractivity contribution >= 4 is 5.97 Å². The minimum Gasteiger partial charge on any atom is -0.465 e. The van der Waals surface area contributed by atoms with Crippen LogP contribution in [0.25, 0.3) is 0 Å². The third-order valence-corrected chi connectivity index (χ3v) is 2.73. The summed E-state index contributed by atoms with van der Waals surface area (Å²) < 4.78 is 10.2. The number of methoxy groups -OCH3 is 1. The quantitative estimate of drug-likeness (QED) is 0.844. The Morgan fingerprint density at radius 3 is 2.65 bits per heavy atom. The van der Waals surface area contributed by atoms with E-state index in [1.807, 2.05) is 24.3 Å². The van der Waals surface area contributed by atoms with Gasteiger partial charge in [-0.15, -0.1) is 0 Å². The van der Waals surface area contributed by atoms with Gasteiger partial charge in [-0.25, -0.2) is 9.78 Å². The molecule has 2 rings (SSSR count). The summed E-state index contributed by atoms with van der Waals surface area (Å²) >= 11 is 0. The predicted octanol–water partition coefficient (Wildman–Crippen LogP) is 2.16. The summed E-state index contributed by atoms with van der Waals surface area (Å²) in [5, 5.41) is 0. The van der Waals surface area contributed by atoms with E-state index in [0.29, 0.717) is 23.7 Å². The van der Waals surface area contributed by atoms with Gasteiger partial charge in [-0.1, -0.05) is 12.1 Å². The molecule has 5 heteroatoms. The van der Waals surface area contributed by atoms with Crippen LogP contribution in [0, 0.1) is 0 Å². The van der Waals surface area contributed by atoms with Gasteiger partial charge in [-0.05, 0) is 36.7 Å². The molecule has 1 aromatic heterocycles. The highest BCUT2D eigenvalue weighted by Crippen LogP contribution is 2.20. The van der Waals surface area contributed by atoms with Gasteiger partial charge in [0.05, 0.1) is 12.7 Å². The summed E-state index contributed by atoms with van der Waals surface area (Å²) in [4.78, 5) is 15.5. The van der Waals surface area contributed by atoms with Crippen LogP contribution in [-0.4, -0.2) is 24.6 Å². The van der Waals surface area contributed by atoms with Gasteiger partial charge in [0.1, 0.15) is 5.75 Å². The molecule has 0 bridgehead atoms. The standard InChI is InChI=1S/C15H16N2O3/c1-19-15(18)12-7-9-17-14(10-12)20-13-4-2-11(3-5-13)6-8-16/h2-5,7,9-10H,6,8,16H2,1H3. The van der Waals surface area contributed by atoms with Gasteiger partial charge in [-0.3, -0.25) is 0 Å². The lowest BCUT2D eigenvalue weighted by molar-refractivity contribution is 0.0600. The molecular weight excluding hydrogens is 256 g/mol. The Bertz CT molecular complexity index is 582. The first-order chi connectivity index (χ1) is 9.72. The van der Waals surface area contributed by atoms with Crippen molar-refractivity contribution in [3.63, 3.8) is 0 Å². The van der Waals surface area contributed by atoms with Crippen LogP contribution in [0.1, 0.15) is 15.9 Å². The molecule has 104 valence electrons. The maximum atomic E-state index is 11.4. The molecule has 0 atom stereocenters. The Hall–Kier alpha value is -2.40. The van der Waals surface area contributed by atoms with Gasteiger partial charge < -0.3 is 15.2 Å². The molecule has 0 fully saturated rings. The van der Waals surface area contributed by atoms with Crippen LogP contribution < -0.4 is 10.5 Å². The number of hydrogen-bond donors (Lipinski definition) is 1. The molecule has 0 aliphatic heterocycles. The summed E-state index contributed by atoms with van der Waals surface area (Å²) in [5.41, 5.74) is 7.04.